The largest absolute Gasteiger partial charge is 0.373 e. The molecule has 0 radical (unpaired) electrons. The Bertz CT molecular complexity index is 136. The smallest absolute Gasteiger partial charge is 0.0832 e. The van der Waals surface area contributed by atoms with E-state index in [0.717, 1.165) is 13.0 Å². The highest BCUT2D eigenvalue weighted by molar-refractivity contribution is 5.85. The number of nitrogens with two attached hydrogens (primary N) is 1. The lowest BCUT2D eigenvalue weighted by atomic mass is 9.72. The van der Waals surface area contributed by atoms with Crippen LogP contribution in [0, 0.1) is 0 Å². The van der Waals surface area contributed by atoms with Crippen LogP contribution in [-0.2, 0) is 4.74 Å². The summed E-state index contributed by atoms with van der Waals surface area (Å²) in [5.74, 6) is 0. The molecule has 0 aromatic carbocycles. The van der Waals surface area contributed by atoms with Crippen LogP contribution in [0.25, 0.3) is 0 Å². The molecule has 0 bridgehead atoms. The molecule has 0 aromatic heterocycles. The van der Waals surface area contributed by atoms with Gasteiger partial charge in [0.1, 0.15) is 0 Å². The number of halogens is 1. The molecule has 0 aromatic rings. The third kappa shape index (κ3) is 1.40. The maximum Gasteiger partial charge on any atom is 0.0832 e. The normalized spacial score (nSPS) is 34.1. The average Bonchev–Trinajstić information content (AvgIpc) is 1.85. The maximum atomic E-state index is 5.95. The molecule has 1 saturated carbocycles. The molecule has 0 amide bonds. The first-order chi connectivity index (χ1) is 4.83. The number of ether oxygens (including phenoxy) is 1. The van der Waals surface area contributed by atoms with Gasteiger partial charge in [-0.2, -0.15) is 0 Å². The molecule has 1 spiro atoms. The van der Waals surface area contributed by atoms with Gasteiger partial charge in [-0.3, -0.25) is 0 Å². The lowest BCUT2D eigenvalue weighted by molar-refractivity contribution is -0.139. The average molecular weight is 178 g/mol. The van der Waals surface area contributed by atoms with Crippen molar-refractivity contribution < 1.29 is 4.74 Å². The molecule has 1 unspecified atom stereocenters. The molecule has 1 saturated heterocycles. The van der Waals surface area contributed by atoms with E-state index in [-0.39, 0.29) is 18.0 Å². The van der Waals surface area contributed by atoms with Crippen LogP contribution in [0.15, 0.2) is 0 Å². The second-order valence-corrected chi connectivity index (χ2v) is 3.52. The van der Waals surface area contributed by atoms with Crippen LogP contribution in [-0.4, -0.2) is 18.2 Å². The first-order valence-corrected chi connectivity index (χ1v) is 4.23. The first kappa shape index (κ1) is 9.30. The van der Waals surface area contributed by atoms with E-state index in [9.17, 15) is 0 Å². The Hall–Kier alpha value is 0.210. The molecule has 3 heteroatoms. The fourth-order valence-electron chi connectivity index (χ4n) is 1.99. The van der Waals surface area contributed by atoms with Crippen LogP contribution < -0.4 is 5.73 Å². The quantitative estimate of drug-likeness (QED) is 0.608. The molecule has 11 heavy (non-hydrogen) atoms. The van der Waals surface area contributed by atoms with E-state index in [1.165, 1.54) is 25.7 Å². The number of hydrogen-bond donors (Lipinski definition) is 1. The van der Waals surface area contributed by atoms with Crippen LogP contribution in [0.2, 0.25) is 0 Å². The van der Waals surface area contributed by atoms with Crippen LogP contribution in [0.3, 0.4) is 0 Å². The number of rotatable bonds is 0. The lowest BCUT2D eigenvalue weighted by Crippen LogP contribution is -2.57. The molecular formula is C8H16ClNO. The van der Waals surface area contributed by atoms with Gasteiger partial charge in [-0.15, -0.1) is 12.4 Å². The van der Waals surface area contributed by atoms with Crippen molar-refractivity contribution in [1.29, 1.82) is 0 Å². The van der Waals surface area contributed by atoms with Crippen LogP contribution >= 0.6 is 12.4 Å². The lowest BCUT2D eigenvalue weighted by Gasteiger charge is -2.48. The van der Waals surface area contributed by atoms with Gasteiger partial charge in [-0.25, -0.2) is 0 Å². The highest BCUT2D eigenvalue weighted by atomic mass is 35.5. The molecule has 66 valence electrons. The van der Waals surface area contributed by atoms with Crippen molar-refractivity contribution in [3.63, 3.8) is 0 Å². The van der Waals surface area contributed by atoms with Crippen molar-refractivity contribution in [2.45, 2.75) is 43.7 Å². The van der Waals surface area contributed by atoms with Crippen molar-refractivity contribution in [2.24, 2.45) is 5.73 Å². The Labute approximate surface area is 73.9 Å². The Kier molecular flexibility index (Phi) is 2.79. The van der Waals surface area contributed by atoms with Crippen molar-refractivity contribution in [1.82, 2.24) is 0 Å². The van der Waals surface area contributed by atoms with Crippen molar-refractivity contribution in [2.75, 3.05) is 6.61 Å². The second kappa shape index (κ2) is 3.30. The minimum atomic E-state index is 0. The summed E-state index contributed by atoms with van der Waals surface area (Å²) in [6.45, 7) is 0.938. The minimum Gasteiger partial charge on any atom is -0.373 e. The first-order valence-electron chi connectivity index (χ1n) is 4.23. The zero-order valence-electron chi connectivity index (χ0n) is 6.71. The third-order valence-corrected chi connectivity index (χ3v) is 2.92. The van der Waals surface area contributed by atoms with Crippen molar-refractivity contribution in [3.8, 4) is 0 Å². The fourth-order valence-corrected chi connectivity index (χ4v) is 1.99. The van der Waals surface area contributed by atoms with Gasteiger partial charge in [0.05, 0.1) is 5.60 Å². The summed E-state index contributed by atoms with van der Waals surface area (Å²) in [6, 6.07) is 0.329. The Balaban J connectivity index is 0.000000605. The van der Waals surface area contributed by atoms with E-state index in [1.54, 1.807) is 0 Å². The number of hydrogen-bond acceptors (Lipinski definition) is 2. The monoisotopic (exact) mass is 177 g/mol. The summed E-state index contributed by atoms with van der Waals surface area (Å²) in [5.41, 5.74) is 6.09. The molecule has 1 aliphatic heterocycles. The van der Waals surface area contributed by atoms with Crippen LogP contribution in [0.1, 0.15) is 32.1 Å². The molecule has 2 aliphatic rings. The zero-order valence-corrected chi connectivity index (χ0v) is 7.53. The summed E-state index contributed by atoms with van der Waals surface area (Å²) in [4.78, 5) is 0. The van der Waals surface area contributed by atoms with E-state index in [0.29, 0.717) is 6.04 Å². The molecule has 1 aliphatic carbocycles. The molecule has 2 N–H and O–H groups in total. The molecule has 2 nitrogen and oxygen atoms in total. The standard InChI is InChI=1S/C8H15NO.ClH/c9-7-3-1-6-10-8(7)4-2-5-8;/h7H,1-6,9H2;1H. The highest BCUT2D eigenvalue weighted by Gasteiger charge is 2.44. The molecule has 1 heterocycles. The van der Waals surface area contributed by atoms with E-state index >= 15 is 0 Å². The van der Waals surface area contributed by atoms with E-state index in [2.05, 4.69) is 0 Å². The summed E-state index contributed by atoms with van der Waals surface area (Å²) in [7, 11) is 0. The van der Waals surface area contributed by atoms with Crippen LogP contribution in [0.5, 0.6) is 0 Å². The van der Waals surface area contributed by atoms with Crippen molar-refractivity contribution in [3.05, 3.63) is 0 Å². The molecule has 2 fully saturated rings. The summed E-state index contributed by atoms with van der Waals surface area (Å²) >= 11 is 0. The Morgan fingerprint density at radius 2 is 2.00 bits per heavy atom. The molecule has 1 atom stereocenters. The second-order valence-electron chi connectivity index (χ2n) is 3.52. The Morgan fingerprint density at radius 3 is 2.36 bits per heavy atom. The van der Waals surface area contributed by atoms with E-state index in [1.807, 2.05) is 0 Å². The predicted octanol–water partition coefficient (Wildman–Crippen LogP) is 1.47. The summed E-state index contributed by atoms with van der Waals surface area (Å²) in [6.07, 6.45) is 6.04. The predicted molar refractivity (Wildman–Crippen MR) is 47.0 cm³/mol. The van der Waals surface area contributed by atoms with Gasteiger partial charge in [0.25, 0.3) is 0 Å². The van der Waals surface area contributed by atoms with Gasteiger partial charge >= 0.3 is 0 Å². The zero-order chi connectivity index (χ0) is 7.03. The summed E-state index contributed by atoms with van der Waals surface area (Å²) in [5, 5.41) is 0. The Morgan fingerprint density at radius 1 is 1.27 bits per heavy atom. The van der Waals surface area contributed by atoms with Crippen molar-refractivity contribution >= 4 is 12.4 Å². The van der Waals surface area contributed by atoms with Gasteiger partial charge in [0.15, 0.2) is 0 Å². The molecular weight excluding hydrogens is 162 g/mol. The third-order valence-electron chi connectivity index (χ3n) is 2.92. The topological polar surface area (TPSA) is 35.2 Å². The van der Waals surface area contributed by atoms with Crippen LogP contribution in [0.4, 0.5) is 0 Å². The van der Waals surface area contributed by atoms with E-state index in [4.69, 9.17) is 10.5 Å². The summed E-state index contributed by atoms with van der Waals surface area (Å²) < 4.78 is 5.69. The van der Waals surface area contributed by atoms with Gasteiger partial charge < -0.3 is 10.5 Å². The van der Waals surface area contributed by atoms with Gasteiger partial charge in [0.2, 0.25) is 0 Å². The minimum absolute atomic E-state index is 0. The van der Waals surface area contributed by atoms with E-state index < -0.39 is 0 Å². The van der Waals surface area contributed by atoms with Gasteiger partial charge in [-0.05, 0) is 32.1 Å². The maximum absolute atomic E-state index is 5.95. The molecule has 2 rings (SSSR count). The van der Waals surface area contributed by atoms with Gasteiger partial charge in [-0.1, -0.05) is 0 Å². The SMILES string of the molecule is Cl.NC1CCCOC12CCC2. The fraction of sp³-hybridized carbons (Fsp3) is 1.00. The van der Waals surface area contributed by atoms with Gasteiger partial charge in [0, 0.05) is 12.6 Å². The highest BCUT2D eigenvalue weighted by Crippen LogP contribution is 2.41.